The summed E-state index contributed by atoms with van der Waals surface area (Å²) in [6, 6.07) is 12.6. The van der Waals surface area contributed by atoms with E-state index in [0.717, 1.165) is 11.1 Å². The van der Waals surface area contributed by atoms with Crippen LogP contribution in [0.25, 0.3) is 0 Å². The molecule has 0 saturated carbocycles. The molecule has 0 unspecified atom stereocenters. The van der Waals surface area contributed by atoms with E-state index in [-0.39, 0.29) is 12.3 Å². The first-order chi connectivity index (χ1) is 10.4. The van der Waals surface area contributed by atoms with E-state index in [0.29, 0.717) is 16.3 Å². The van der Waals surface area contributed by atoms with Crippen LogP contribution in [0.15, 0.2) is 42.5 Å². The second-order valence-electron chi connectivity index (χ2n) is 5.02. The molecule has 0 atom stereocenters. The van der Waals surface area contributed by atoms with Crippen molar-refractivity contribution >= 4 is 21.6 Å². The molecule has 0 heterocycles. The highest BCUT2D eigenvalue weighted by molar-refractivity contribution is 7.88. The molecule has 0 aliphatic rings. The number of hydrogen-bond donors (Lipinski definition) is 1. The first-order valence-electron chi connectivity index (χ1n) is 6.75. The lowest BCUT2D eigenvalue weighted by Crippen LogP contribution is -2.24. The molecule has 0 spiro atoms. The molecular formula is C16H18ClNO3S. The number of halogens is 1. The lowest BCUT2D eigenvalue weighted by Gasteiger charge is -2.09. The van der Waals surface area contributed by atoms with Crippen LogP contribution in [0.1, 0.15) is 16.7 Å². The first kappa shape index (κ1) is 16.8. The zero-order valence-electron chi connectivity index (χ0n) is 12.5. The Labute approximate surface area is 136 Å². The number of methoxy groups -OCH3 is 1. The number of ether oxygens (including phenoxy) is 1. The monoisotopic (exact) mass is 339 g/mol. The van der Waals surface area contributed by atoms with Gasteiger partial charge in [0.2, 0.25) is 10.0 Å². The van der Waals surface area contributed by atoms with Crippen LogP contribution >= 0.6 is 11.6 Å². The topological polar surface area (TPSA) is 55.4 Å². The average Bonchev–Trinajstić information content (AvgIpc) is 2.48. The predicted octanol–water partition coefficient (Wildman–Crippen LogP) is 3.28. The number of aryl methyl sites for hydroxylation is 1. The molecule has 0 radical (unpaired) electrons. The Balaban J connectivity index is 2.02. The molecule has 0 bridgehead atoms. The minimum atomic E-state index is -3.42. The Morgan fingerprint density at radius 3 is 2.41 bits per heavy atom. The third-order valence-electron chi connectivity index (χ3n) is 3.22. The van der Waals surface area contributed by atoms with Crippen molar-refractivity contribution in [3.05, 3.63) is 64.2 Å². The lowest BCUT2D eigenvalue weighted by molar-refractivity contribution is 0.414. The van der Waals surface area contributed by atoms with Gasteiger partial charge in [-0.2, -0.15) is 0 Å². The molecule has 2 aromatic carbocycles. The lowest BCUT2D eigenvalue weighted by atomic mass is 10.2. The van der Waals surface area contributed by atoms with E-state index in [1.165, 1.54) is 0 Å². The minimum absolute atomic E-state index is 0.0545. The van der Waals surface area contributed by atoms with Gasteiger partial charge in [0.05, 0.1) is 12.9 Å². The van der Waals surface area contributed by atoms with Crippen LogP contribution < -0.4 is 9.46 Å². The Morgan fingerprint density at radius 2 is 1.82 bits per heavy atom. The van der Waals surface area contributed by atoms with Crippen molar-refractivity contribution < 1.29 is 13.2 Å². The van der Waals surface area contributed by atoms with E-state index in [2.05, 4.69) is 4.72 Å². The van der Waals surface area contributed by atoms with E-state index in [1.807, 2.05) is 31.2 Å². The van der Waals surface area contributed by atoms with E-state index >= 15 is 0 Å². The number of nitrogens with one attached hydrogen (secondary N) is 1. The number of rotatable bonds is 6. The van der Waals surface area contributed by atoms with Crippen LogP contribution in [0.5, 0.6) is 5.75 Å². The summed E-state index contributed by atoms with van der Waals surface area (Å²) >= 11 is 6.10. The largest absolute Gasteiger partial charge is 0.497 e. The van der Waals surface area contributed by atoms with Gasteiger partial charge in [-0.25, -0.2) is 13.1 Å². The molecule has 22 heavy (non-hydrogen) atoms. The van der Waals surface area contributed by atoms with Gasteiger partial charge in [0, 0.05) is 11.6 Å². The molecule has 2 rings (SSSR count). The molecule has 0 saturated heterocycles. The van der Waals surface area contributed by atoms with Crippen LogP contribution in [-0.2, 0) is 22.3 Å². The van der Waals surface area contributed by atoms with E-state index in [1.54, 1.807) is 25.3 Å². The molecule has 0 amide bonds. The van der Waals surface area contributed by atoms with Crippen LogP contribution in [-0.4, -0.2) is 15.5 Å². The maximum Gasteiger partial charge on any atom is 0.216 e. The van der Waals surface area contributed by atoms with Gasteiger partial charge in [-0.15, -0.1) is 0 Å². The van der Waals surface area contributed by atoms with Crippen molar-refractivity contribution in [3.8, 4) is 5.75 Å². The van der Waals surface area contributed by atoms with Gasteiger partial charge in [0.1, 0.15) is 5.75 Å². The third kappa shape index (κ3) is 4.73. The highest BCUT2D eigenvalue weighted by Gasteiger charge is 2.12. The fourth-order valence-corrected chi connectivity index (χ4v) is 3.29. The molecular weight excluding hydrogens is 322 g/mol. The highest BCUT2D eigenvalue weighted by Crippen LogP contribution is 2.22. The van der Waals surface area contributed by atoms with Gasteiger partial charge in [-0.1, -0.05) is 47.5 Å². The van der Waals surface area contributed by atoms with Gasteiger partial charge < -0.3 is 4.74 Å². The zero-order chi connectivity index (χ0) is 16.2. The number of benzene rings is 2. The summed E-state index contributed by atoms with van der Waals surface area (Å²) in [7, 11) is -1.87. The summed E-state index contributed by atoms with van der Waals surface area (Å²) in [6.07, 6.45) is 0. The van der Waals surface area contributed by atoms with Crippen molar-refractivity contribution in [1.29, 1.82) is 0 Å². The molecule has 0 aliphatic carbocycles. The second kappa shape index (κ2) is 7.13. The molecule has 6 heteroatoms. The molecule has 2 aromatic rings. The van der Waals surface area contributed by atoms with Gasteiger partial charge in [0.25, 0.3) is 0 Å². The Kier molecular flexibility index (Phi) is 5.45. The fourth-order valence-electron chi connectivity index (χ4n) is 1.94. The van der Waals surface area contributed by atoms with Crippen LogP contribution in [0, 0.1) is 6.92 Å². The summed E-state index contributed by atoms with van der Waals surface area (Å²) in [5.74, 6) is 0.581. The number of hydrogen-bond acceptors (Lipinski definition) is 3. The van der Waals surface area contributed by atoms with Crippen molar-refractivity contribution in [1.82, 2.24) is 4.72 Å². The van der Waals surface area contributed by atoms with Gasteiger partial charge >= 0.3 is 0 Å². The molecule has 1 N–H and O–H groups in total. The number of sulfonamides is 1. The fraction of sp³-hybridized carbons (Fsp3) is 0.250. The van der Waals surface area contributed by atoms with Crippen molar-refractivity contribution in [2.75, 3.05) is 7.11 Å². The molecule has 0 fully saturated rings. The maximum atomic E-state index is 12.1. The molecule has 4 nitrogen and oxygen atoms in total. The summed E-state index contributed by atoms with van der Waals surface area (Å²) in [5, 5.41) is 0.470. The van der Waals surface area contributed by atoms with Crippen molar-refractivity contribution in [3.63, 3.8) is 0 Å². The van der Waals surface area contributed by atoms with Crippen molar-refractivity contribution in [2.24, 2.45) is 0 Å². The molecule has 0 aliphatic heterocycles. The predicted molar refractivity (Wildman–Crippen MR) is 88.6 cm³/mol. The van der Waals surface area contributed by atoms with Crippen LogP contribution in [0.4, 0.5) is 0 Å². The standard InChI is InChI=1S/C16H18ClNO3S/c1-12-3-5-13(6-4-12)11-22(19,20)18-10-14-7-8-15(21-2)9-16(14)17/h3-9,18H,10-11H2,1-2H3. The average molecular weight is 340 g/mol. The van der Waals surface area contributed by atoms with Gasteiger partial charge in [0.15, 0.2) is 0 Å². The molecule has 118 valence electrons. The van der Waals surface area contributed by atoms with Crippen molar-refractivity contribution in [2.45, 2.75) is 19.2 Å². The normalized spacial score (nSPS) is 11.4. The summed E-state index contributed by atoms with van der Waals surface area (Å²) < 4.78 is 31.9. The highest BCUT2D eigenvalue weighted by atomic mass is 35.5. The zero-order valence-corrected chi connectivity index (χ0v) is 14.0. The quantitative estimate of drug-likeness (QED) is 0.878. The first-order valence-corrected chi connectivity index (χ1v) is 8.78. The molecule has 0 aromatic heterocycles. The Hall–Kier alpha value is -1.56. The SMILES string of the molecule is COc1ccc(CNS(=O)(=O)Cc2ccc(C)cc2)c(Cl)c1. The van der Waals surface area contributed by atoms with E-state index < -0.39 is 10.0 Å². The van der Waals surface area contributed by atoms with Crippen LogP contribution in [0.3, 0.4) is 0 Å². The summed E-state index contributed by atoms with van der Waals surface area (Å²) in [5.41, 5.74) is 2.55. The van der Waals surface area contributed by atoms with Gasteiger partial charge in [-0.3, -0.25) is 0 Å². The van der Waals surface area contributed by atoms with Gasteiger partial charge in [-0.05, 0) is 30.2 Å². The van der Waals surface area contributed by atoms with E-state index in [9.17, 15) is 8.42 Å². The second-order valence-corrected chi connectivity index (χ2v) is 7.24. The minimum Gasteiger partial charge on any atom is -0.497 e. The maximum absolute atomic E-state index is 12.1. The smallest absolute Gasteiger partial charge is 0.216 e. The third-order valence-corrected chi connectivity index (χ3v) is 4.87. The Bertz CT molecular complexity index is 742. The summed E-state index contributed by atoms with van der Waals surface area (Å²) in [6.45, 7) is 2.11. The summed E-state index contributed by atoms with van der Waals surface area (Å²) in [4.78, 5) is 0. The Morgan fingerprint density at radius 1 is 1.14 bits per heavy atom. The van der Waals surface area contributed by atoms with E-state index in [4.69, 9.17) is 16.3 Å². The van der Waals surface area contributed by atoms with Crippen LogP contribution in [0.2, 0.25) is 5.02 Å².